The Balaban J connectivity index is 2.35. The Morgan fingerprint density at radius 1 is 1.00 bits per heavy atom. The van der Waals surface area contributed by atoms with Crippen LogP contribution < -0.4 is 0 Å². The second-order valence-electron chi connectivity index (χ2n) is 6.08. The molecule has 0 unspecified atom stereocenters. The molecule has 0 atom stereocenters. The maximum Gasteiger partial charge on any atom is 0.145 e. The summed E-state index contributed by atoms with van der Waals surface area (Å²) < 4.78 is 2.28. The lowest BCUT2D eigenvalue weighted by Crippen LogP contribution is -1.94. The van der Waals surface area contributed by atoms with Crippen molar-refractivity contribution in [2.75, 3.05) is 0 Å². The van der Waals surface area contributed by atoms with Crippen molar-refractivity contribution in [2.24, 2.45) is 0 Å². The van der Waals surface area contributed by atoms with Gasteiger partial charge in [0.1, 0.15) is 5.65 Å². The smallest absolute Gasteiger partial charge is 0.145 e. The highest BCUT2D eigenvalue weighted by Crippen LogP contribution is 2.32. The molecule has 0 spiro atoms. The van der Waals surface area contributed by atoms with Gasteiger partial charge in [-0.25, -0.2) is 4.98 Å². The molecule has 0 N–H and O–H groups in total. The average Bonchev–Trinajstić information content (AvgIpc) is 2.91. The molecule has 0 saturated carbocycles. The fraction of sp³-hybridized carbons (Fsp3) is 0.150. The van der Waals surface area contributed by atoms with E-state index in [0.717, 1.165) is 11.3 Å². The summed E-state index contributed by atoms with van der Waals surface area (Å²) in [4.78, 5) is 4.70. The second-order valence-corrected chi connectivity index (χ2v) is 6.08. The van der Waals surface area contributed by atoms with Gasteiger partial charge in [-0.2, -0.15) is 0 Å². The van der Waals surface area contributed by atoms with Crippen LogP contribution in [0.1, 0.15) is 25.1 Å². The van der Waals surface area contributed by atoms with E-state index in [-0.39, 0.29) is 0 Å². The topological polar surface area (TPSA) is 17.3 Å². The quantitative estimate of drug-likeness (QED) is 0.430. The predicted octanol–water partition coefficient (Wildman–Crippen LogP) is 5.37. The van der Waals surface area contributed by atoms with Gasteiger partial charge in [0.25, 0.3) is 0 Å². The lowest BCUT2D eigenvalue weighted by atomic mass is 10.0. The molecule has 2 heterocycles. The van der Waals surface area contributed by atoms with Crippen LogP contribution in [0.25, 0.3) is 33.4 Å². The van der Waals surface area contributed by atoms with E-state index in [4.69, 9.17) is 4.98 Å². The minimum absolute atomic E-state index is 1.03. The number of pyridine rings is 1. The Labute approximate surface area is 129 Å². The molecule has 22 heavy (non-hydrogen) atoms. The number of aromatic nitrogens is 2. The standard InChI is InChI=1S/C20H18N2/c1-13(2)11-15-12-21-20-17-9-5-4-8-16(17)19-14(3)7-6-10-18(19)22(15)20/h4-12H,1-3H3. The fourth-order valence-corrected chi connectivity index (χ4v) is 3.29. The second kappa shape index (κ2) is 4.70. The van der Waals surface area contributed by atoms with Crippen molar-refractivity contribution in [3.63, 3.8) is 0 Å². The van der Waals surface area contributed by atoms with Gasteiger partial charge in [-0.15, -0.1) is 0 Å². The normalized spacial score (nSPS) is 11.4. The van der Waals surface area contributed by atoms with Gasteiger partial charge in [0.05, 0.1) is 17.4 Å². The lowest BCUT2D eigenvalue weighted by Gasteiger charge is -2.11. The van der Waals surface area contributed by atoms with Gasteiger partial charge in [-0.05, 0) is 43.9 Å². The molecule has 2 nitrogen and oxygen atoms in total. The summed E-state index contributed by atoms with van der Waals surface area (Å²) in [6, 6.07) is 15.0. The molecule has 2 heteroatoms. The van der Waals surface area contributed by atoms with Crippen LogP contribution >= 0.6 is 0 Å². The molecule has 4 rings (SSSR count). The average molecular weight is 286 g/mol. The van der Waals surface area contributed by atoms with E-state index in [0.29, 0.717) is 0 Å². The Kier molecular flexibility index (Phi) is 2.80. The number of fused-ring (bicyclic) bond motifs is 6. The van der Waals surface area contributed by atoms with Crippen molar-refractivity contribution in [3.05, 3.63) is 65.5 Å². The van der Waals surface area contributed by atoms with Crippen molar-refractivity contribution >= 4 is 33.4 Å². The molecule has 2 aromatic carbocycles. The van der Waals surface area contributed by atoms with E-state index in [1.807, 2.05) is 6.20 Å². The van der Waals surface area contributed by atoms with Crippen LogP contribution in [0.15, 0.2) is 54.2 Å². The Morgan fingerprint density at radius 2 is 1.77 bits per heavy atom. The number of rotatable bonds is 1. The van der Waals surface area contributed by atoms with Crippen LogP contribution in [0.4, 0.5) is 0 Å². The SMILES string of the molecule is CC(C)=Cc1cnc2c3ccccc3c3c(C)cccc3n12. The lowest BCUT2D eigenvalue weighted by molar-refractivity contribution is 1.23. The van der Waals surface area contributed by atoms with Gasteiger partial charge in [0, 0.05) is 10.8 Å². The predicted molar refractivity (Wildman–Crippen MR) is 94.3 cm³/mol. The molecule has 2 aromatic heterocycles. The monoisotopic (exact) mass is 286 g/mol. The van der Waals surface area contributed by atoms with Gasteiger partial charge >= 0.3 is 0 Å². The van der Waals surface area contributed by atoms with E-state index >= 15 is 0 Å². The van der Waals surface area contributed by atoms with Gasteiger partial charge in [-0.1, -0.05) is 42.0 Å². The van der Waals surface area contributed by atoms with Crippen LogP contribution in [0.2, 0.25) is 0 Å². The van der Waals surface area contributed by atoms with E-state index in [1.165, 1.54) is 32.8 Å². The summed E-state index contributed by atoms with van der Waals surface area (Å²) in [6.07, 6.45) is 4.16. The van der Waals surface area contributed by atoms with Crippen LogP contribution in [0, 0.1) is 6.92 Å². The highest BCUT2D eigenvalue weighted by Gasteiger charge is 2.12. The summed E-state index contributed by atoms with van der Waals surface area (Å²) >= 11 is 0. The minimum Gasteiger partial charge on any atom is -0.292 e. The third-order valence-corrected chi connectivity index (χ3v) is 4.15. The molecule has 0 aliphatic rings. The maximum atomic E-state index is 4.70. The van der Waals surface area contributed by atoms with Gasteiger partial charge in [-0.3, -0.25) is 4.40 Å². The first-order valence-corrected chi connectivity index (χ1v) is 7.59. The zero-order valence-corrected chi connectivity index (χ0v) is 13.1. The first-order valence-electron chi connectivity index (χ1n) is 7.59. The molecule has 0 radical (unpaired) electrons. The fourth-order valence-electron chi connectivity index (χ4n) is 3.29. The highest BCUT2D eigenvalue weighted by atomic mass is 15.0. The number of hydrogen-bond donors (Lipinski definition) is 0. The molecule has 0 aliphatic carbocycles. The van der Waals surface area contributed by atoms with Crippen molar-refractivity contribution < 1.29 is 0 Å². The number of benzene rings is 2. The van der Waals surface area contributed by atoms with E-state index in [9.17, 15) is 0 Å². The Bertz CT molecular complexity index is 1050. The molecular weight excluding hydrogens is 268 g/mol. The zero-order valence-electron chi connectivity index (χ0n) is 13.1. The number of nitrogens with zero attached hydrogens (tertiary/aromatic N) is 2. The number of hydrogen-bond acceptors (Lipinski definition) is 1. The summed E-state index contributed by atoms with van der Waals surface area (Å²) in [5, 5.41) is 3.79. The molecule has 0 fully saturated rings. The first kappa shape index (κ1) is 13.1. The molecule has 0 amide bonds. The van der Waals surface area contributed by atoms with Crippen LogP contribution in [0.3, 0.4) is 0 Å². The van der Waals surface area contributed by atoms with E-state index in [2.05, 4.69) is 73.7 Å². The largest absolute Gasteiger partial charge is 0.292 e. The van der Waals surface area contributed by atoms with Crippen LogP contribution in [-0.2, 0) is 0 Å². The molecule has 108 valence electrons. The molecule has 0 aliphatic heterocycles. The summed E-state index contributed by atoms with van der Waals surface area (Å²) in [7, 11) is 0. The number of allylic oxidation sites excluding steroid dienone is 1. The van der Waals surface area contributed by atoms with Gasteiger partial charge in [0.15, 0.2) is 0 Å². The minimum atomic E-state index is 1.03. The Morgan fingerprint density at radius 3 is 2.55 bits per heavy atom. The maximum absolute atomic E-state index is 4.70. The Hall–Kier alpha value is -2.61. The van der Waals surface area contributed by atoms with E-state index in [1.54, 1.807) is 0 Å². The van der Waals surface area contributed by atoms with Crippen LogP contribution in [-0.4, -0.2) is 9.38 Å². The zero-order chi connectivity index (χ0) is 15.3. The van der Waals surface area contributed by atoms with E-state index < -0.39 is 0 Å². The van der Waals surface area contributed by atoms with Crippen molar-refractivity contribution in [1.29, 1.82) is 0 Å². The summed E-state index contributed by atoms with van der Waals surface area (Å²) in [5.74, 6) is 0. The number of imidazole rings is 1. The van der Waals surface area contributed by atoms with Crippen molar-refractivity contribution in [3.8, 4) is 0 Å². The summed E-state index contributed by atoms with van der Waals surface area (Å²) in [5.41, 5.74) is 5.96. The first-order chi connectivity index (χ1) is 10.7. The van der Waals surface area contributed by atoms with Gasteiger partial charge in [0.2, 0.25) is 0 Å². The third-order valence-electron chi connectivity index (χ3n) is 4.15. The summed E-state index contributed by atoms with van der Waals surface area (Å²) in [6.45, 7) is 6.42. The third kappa shape index (κ3) is 1.77. The molecule has 4 aromatic rings. The van der Waals surface area contributed by atoms with Gasteiger partial charge < -0.3 is 0 Å². The molecular formula is C20H18N2. The number of aryl methyl sites for hydroxylation is 1. The van der Waals surface area contributed by atoms with Crippen molar-refractivity contribution in [1.82, 2.24) is 9.38 Å². The van der Waals surface area contributed by atoms with Crippen LogP contribution in [0.5, 0.6) is 0 Å². The molecule has 0 saturated heterocycles. The van der Waals surface area contributed by atoms with Crippen molar-refractivity contribution in [2.45, 2.75) is 20.8 Å². The highest BCUT2D eigenvalue weighted by molar-refractivity contribution is 6.13. The molecule has 0 bridgehead atoms.